The summed E-state index contributed by atoms with van der Waals surface area (Å²) in [7, 11) is 1.37. The first-order valence-corrected chi connectivity index (χ1v) is 10.8. The highest BCUT2D eigenvalue weighted by atomic mass is 19.3. The average Bonchev–Trinajstić information content (AvgIpc) is 2.79. The molecule has 0 unspecified atom stereocenters. The van der Waals surface area contributed by atoms with Crippen LogP contribution in [0, 0.1) is 5.92 Å². The third-order valence-corrected chi connectivity index (χ3v) is 5.51. The minimum atomic E-state index is -2.95. The number of amides is 2. The molecule has 1 fully saturated rings. The number of methoxy groups -OCH3 is 1. The molecule has 0 heterocycles. The summed E-state index contributed by atoms with van der Waals surface area (Å²) in [6.45, 7) is -2.65. The zero-order chi connectivity index (χ0) is 22.9. The van der Waals surface area contributed by atoms with Gasteiger partial charge in [0.15, 0.2) is 11.5 Å². The number of alkyl halides is 2. The molecule has 2 aromatic carbocycles. The highest BCUT2D eigenvalue weighted by Crippen LogP contribution is 2.29. The van der Waals surface area contributed by atoms with Gasteiger partial charge < -0.3 is 20.1 Å². The fraction of sp³-hybridized carbons (Fsp3) is 0.417. The van der Waals surface area contributed by atoms with E-state index in [-0.39, 0.29) is 29.2 Å². The van der Waals surface area contributed by atoms with Crippen LogP contribution in [0.15, 0.2) is 42.5 Å². The SMILES string of the molecule is COc1ccc(CCNC(=O)c2cccc(NC(=O)C3CCCCC3)c2)cc1OC(F)F. The van der Waals surface area contributed by atoms with E-state index in [1.807, 2.05) is 0 Å². The van der Waals surface area contributed by atoms with E-state index >= 15 is 0 Å². The molecule has 172 valence electrons. The fourth-order valence-corrected chi connectivity index (χ4v) is 3.83. The molecule has 2 amide bonds. The lowest BCUT2D eigenvalue weighted by atomic mass is 9.88. The topological polar surface area (TPSA) is 76.7 Å². The number of benzene rings is 2. The van der Waals surface area contributed by atoms with Crippen molar-refractivity contribution < 1.29 is 27.8 Å². The summed E-state index contributed by atoms with van der Waals surface area (Å²) >= 11 is 0. The van der Waals surface area contributed by atoms with Crippen molar-refractivity contribution in [3.05, 3.63) is 53.6 Å². The van der Waals surface area contributed by atoms with Crippen LogP contribution in [0.1, 0.15) is 48.0 Å². The van der Waals surface area contributed by atoms with Gasteiger partial charge in [-0.3, -0.25) is 9.59 Å². The van der Waals surface area contributed by atoms with Crippen molar-refractivity contribution in [1.29, 1.82) is 0 Å². The van der Waals surface area contributed by atoms with Crippen LogP contribution in [0.3, 0.4) is 0 Å². The van der Waals surface area contributed by atoms with Crippen molar-refractivity contribution in [2.24, 2.45) is 5.92 Å². The van der Waals surface area contributed by atoms with Gasteiger partial charge in [0.1, 0.15) is 0 Å². The summed E-state index contributed by atoms with van der Waals surface area (Å²) in [5.41, 5.74) is 1.75. The molecule has 0 bridgehead atoms. The Bertz CT molecular complexity index is 930. The second kappa shape index (κ2) is 11.5. The zero-order valence-corrected chi connectivity index (χ0v) is 18.0. The average molecular weight is 446 g/mol. The molecule has 1 saturated carbocycles. The fourth-order valence-electron chi connectivity index (χ4n) is 3.83. The lowest BCUT2D eigenvalue weighted by Gasteiger charge is -2.20. The summed E-state index contributed by atoms with van der Waals surface area (Å²) in [5, 5.41) is 5.72. The molecular weight excluding hydrogens is 418 g/mol. The van der Waals surface area contributed by atoms with Crippen LogP contribution in [0.2, 0.25) is 0 Å². The molecule has 32 heavy (non-hydrogen) atoms. The number of carbonyl (C=O) groups excluding carboxylic acids is 2. The summed E-state index contributed by atoms with van der Waals surface area (Å²) in [5.74, 6) is -0.0810. The summed E-state index contributed by atoms with van der Waals surface area (Å²) in [6.07, 6.45) is 5.56. The standard InChI is InChI=1S/C24H28F2N2O4/c1-31-20-11-10-16(14-21(20)32-24(25)26)12-13-27-22(29)18-8-5-9-19(15-18)28-23(30)17-6-3-2-4-7-17/h5,8-11,14-15,17,24H,2-4,6-7,12-13H2,1H3,(H,27,29)(H,28,30). The predicted molar refractivity (Wildman–Crippen MR) is 117 cm³/mol. The lowest BCUT2D eigenvalue weighted by Crippen LogP contribution is -2.26. The Morgan fingerprint density at radius 1 is 1.06 bits per heavy atom. The highest BCUT2D eigenvalue weighted by molar-refractivity contribution is 5.97. The summed E-state index contributed by atoms with van der Waals surface area (Å²) in [6, 6.07) is 11.6. The van der Waals surface area contributed by atoms with E-state index in [0.717, 1.165) is 31.2 Å². The van der Waals surface area contributed by atoms with Gasteiger partial charge >= 0.3 is 6.61 Å². The molecule has 0 atom stereocenters. The molecular formula is C24H28F2N2O4. The van der Waals surface area contributed by atoms with Crippen molar-refractivity contribution in [3.8, 4) is 11.5 Å². The first kappa shape index (κ1) is 23.5. The van der Waals surface area contributed by atoms with Crippen LogP contribution in [0.4, 0.5) is 14.5 Å². The molecule has 2 N–H and O–H groups in total. The van der Waals surface area contributed by atoms with Crippen molar-refractivity contribution in [1.82, 2.24) is 5.32 Å². The lowest BCUT2D eigenvalue weighted by molar-refractivity contribution is -0.120. The Hall–Kier alpha value is -3.16. The number of hydrogen-bond acceptors (Lipinski definition) is 4. The maximum atomic E-state index is 12.6. The Morgan fingerprint density at radius 3 is 2.56 bits per heavy atom. The van der Waals surface area contributed by atoms with Gasteiger partial charge in [0.25, 0.3) is 5.91 Å². The number of anilines is 1. The van der Waals surface area contributed by atoms with Gasteiger partial charge in [-0.1, -0.05) is 31.4 Å². The molecule has 3 rings (SSSR count). The second-order valence-electron chi connectivity index (χ2n) is 7.77. The number of ether oxygens (including phenoxy) is 2. The van der Waals surface area contributed by atoms with E-state index in [0.29, 0.717) is 24.2 Å². The number of carbonyl (C=O) groups is 2. The number of halogens is 2. The van der Waals surface area contributed by atoms with Crippen LogP contribution in [-0.4, -0.2) is 32.1 Å². The van der Waals surface area contributed by atoms with E-state index in [4.69, 9.17) is 4.74 Å². The molecule has 8 heteroatoms. The maximum absolute atomic E-state index is 12.6. The first-order valence-electron chi connectivity index (χ1n) is 10.8. The molecule has 0 aromatic heterocycles. The summed E-state index contributed by atoms with van der Waals surface area (Å²) < 4.78 is 34.6. The van der Waals surface area contributed by atoms with Gasteiger partial charge in [-0.05, 0) is 55.2 Å². The summed E-state index contributed by atoms with van der Waals surface area (Å²) in [4.78, 5) is 25.0. The Morgan fingerprint density at radius 2 is 1.84 bits per heavy atom. The number of nitrogens with one attached hydrogen (secondary N) is 2. The van der Waals surface area contributed by atoms with Crippen LogP contribution in [0.5, 0.6) is 11.5 Å². The van der Waals surface area contributed by atoms with E-state index in [1.54, 1.807) is 36.4 Å². The normalized spacial score (nSPS) is 14.1. The van der Waals surface area contributed by atoms with E-state index in [9.17, 15) is 18.4 Å². The van der Waals surface area contributed by atoms with Crippen molar-refractivity contribution in [3.63, 3.8) is 0 Å². The Labute approximate surface area is 186 Å². The van der Waals surface area contributed by atoms with E-state index in [1.165, 1.54) is 19.6 Å². The second-order valence-corrected chi connectivity index (χ2v) is 7.77. The molecule has 0 saturated heterocycles. The Balaban J connectivity index is 1.54. The zero-order valence-electron chi connectivity index (χ0n) is 18.0. The smallest absolute Gasteiger partial charge is 0.387 e. The quantitative estimate of drug-likeness (QED) is 0.581. The monoisotopic (exact) mass is 446 g/mol. The van der Waals surface area contributed by atoms with Crippen molar-refractivity contribution in [2.45, 2.75) is 45.1 Å². The van der Waals surface area contributed by atoms with Gasteiger partial charge in [-0.15, -0.1) is 0 Å². The molecule has 6 nitrogen and oxygen atoms in total. The molecule has 2 aromatic rings. The van der Waals surface area contributed by atoms with Gasteiger partial charge in [0.2, 0.25) is 5.91 Å². The van der Waals surface area contributed by atoms with Crippen molar-refractivity contribution >= 4 is 17.5 Å². The van der Waals surface area contributed by atoms with Gasteiger partial charge in [-0.25, -0.2) is 0 Å². The van der Waals surface area contributed by atoms with Gasteiger partial charge in [0.05, 0.1) is 7.11 Å². The molecule has 0 spiro atoms. The highest BCUT2D eigenvalue weighted by Gasteiger charge is 2.21. The minimum absolute atomic E-state index is 0.00332. The van der Waals surface area contributed by atoms with Crippen LogP contribution in [-0.2, 0) is 11.2 Å². The molecule has 1 aliphatic rings. The largest absolute Gasteiger partial charge is 0.493 e. The van der Waals surface area contributed by atoms with E-state index in [2.05, 4.69) is 15.4 Å². The Kier molecular flexibility index (Phi) is 8.41. The number of hydrogen-bond donors (Lipinski definition) is 2. The third kappa shape index (κ3) is 6.67. The van der Waals surface area contributed by atoms with E-state index < -0.39 is 6.61 Å². The minimum Gasteiger partial charge on any atom is -0.493 e. The first-order chi connectivity index (χ1) is 15.5. The third-order valence-electron chi connectivity index (χ3n) is 5.51. The molecule has 0 aliphatic heterocycles. The maximum Gasteiger partial charge on any atom is 0.387 e. The predicted octanol–water partition coefficient (Wildman–Crippen LogP) is 4.79. The number of rotatable bonds is 9. The van der Waals surface area contributed by atoms with Crippen LogP contribution < -0.4 is 20.1 Å². The van der Waals surface area contributed by atoms with Crippen LogP contribution in [0.25, 0.3) is 0 Å². The molecule has 1 aliphatic carbocycles. The van der Waals surface area contributed by atoms with Crippen LogP contribution >= 0.6 is 0 Å². The molecule has 0 radical (unpaired) electrons. The van der Waals surface area contributed by atoms with Gasteiger partial charge in [0, 0.05) is 23.7 Å². The van der Waals surface area contributed by atoms with Crippen molar-refractivity contribution in [2.75, 3.05) is 19.0 Å². The van der Waals surface area contributed by atoms with Gasteiger partial charge in [-0.2, -0.15) is 8.78 Å².